The summed E-state index contributed by atoms with van der Waals surface area (Å²) in [7, 11) is 1.72. The van der Waals surface area contributed by atoms with Crippen LogP contribution in [0.1, 0.15) is 44.3 Å². The molecule has 4 fully saturated rings. The van der Waals surface area contributed by atoms with Gasteiger partial charge in [-0.05, 0) is 68.4 Å². The second-order valence-corrected chi connectivity index (χ2v) is 7.67. The van der Waals surface area contributed by atoms with E-state index in [0.717, 1.165) is 34.5 Å². The number of benzene rings is 1. The molecule has 0 atom stereocenters. The number of H-pyrrole nitrogens is 1. The molecule has 0 radical (unpaired) electrons. The molecule has 3 nitrogen and oxygen atoms in total. The van der Waals surface area contributed by atoms with E-state index < -0.39 is 0 Å². The number of aromatic amines is 1. The van der Waals surface area contributed by atoms with Gasteiger partial charge in [0.05, 0.1) is 18.1 Å². The molecule has 0 saturated heterocycles. The highest BCUT2D eigenvalue weighted by atomic mass is 16.5. The Morgan fingerprint density at radius 2 is 1.76 bits per heavy atom. The predicted molar refractivity (Wildman–Crippen MR) is 82.5 cm³/mol. The normalized spacial score (nSPS) is 37.3. The van der Waals surface area contributed by atoms with Crippen molar-refractivity contribution in [2.45, 2.75) is 43.9 Å². The zero-order valence-electron chi connectivity index (χ0n) is 12.6. The van der Waals surface area contributed by atoms with Crippen LogP contribution in [-0.4, -0.2) is 17.1 Å². The first-order valence-electron chi connectivity index (χ1n) is 8.28. The molecular formula is C18H22N2O. The van der Waals surface area contributed by atoms with Crippen molar-refractivity contribution in [3.05, 3.63) is 24.0 Å². The first-order chi connectivity index (χ1) is 10.2. The van der Waals surface area contributed by atoms with Gasteiger partial charge in [-0.25, -0.2) is 4.98 Å². The highest BCUT2D eigenvalue weighted by molar-refractivity contribution is 5.77. The van der Waals surface area contributed by atoms with E-state index in [1.54, 1.807) is 7.11 Å². The van der Waals surface area contributed by atoms with Crippen LogP contribution in [0.2, 0.25) is 0 Å². The minimum absolute atomic E-state index is 0.348. The topological polar surface area (TPSA) is 37.9 Å². The number of nitrogens with one attached hydrogen (secondary N) is 1. The molecule has 1 aromatic heterocycles. The third kappa shape index (κ3) is 1.69. The van der Waals surface area contributed by atoms with Gasteiger partial charge in [-0.15, -0.1) is 0 Å². The molecule has 4 saturated carbocycles. The van der Waals surface area contributed by atoms with E-state index in [2.05, 4.69) is 17.1 Å². The number of hydrogen-bond donors (Lipinski definition) is 1. The van der Waals surface area contributed by atoms with Crippen molar-refractivity contribution < 1.29 is 4.74 Å². The van der Waals surface area contributed by atoms with Crippen molar-refractivity contribution >= 4 is 11.0 Å². The quantitative estimate of drug-likeness (QED) is 0.902. The lowest BCUT2D eigenvalue weighted by molar-refractivity contribution is -0.00886. The molecule has 2 aromatic rings. The summed E-state index contributed by atoms with van der Waals surface area (Å²) in [5, 5.41) is 0. The van der Waals surface area contributed by atoms with Crippen molar-refractivity contribution in [2.24, 2.45) is 17.8 Å². The fraction of sp³-hybridized carbons (Fsp3) is 0.611. The van der Waals surface area contributed by atoms with Gasteiger partial charge >= 0.3 is 0 Å². The van der Waals surface area contributed by atoms with Gasteiger partial charge in [0, 0.05) is 11.5 Å². The maximum atomic E-state index is 5.33. The zero-order valence-corrected chi connectivity index (χ0v) is 12.6. The molecule has 0 aliphatic heterocycles. The Bertz CT molecular complexity index is 667. The SMILES string of the molecule is COc1ccc2nc(C34CC5CC(CC(C5)C3)C4)[nH]c2c1. The van der Waals surface area contributed by atoms with Crippen LogP contribution in [0, 0.1) is 17.8 Å². The third-order valence-electron chi connectivity index (χ3n) is 6.23. The monoisotopic (exact) mass is 282 g/mol. The van der Waals surface area contributed by atoms with Gasteiger partial charge < -0.3 is 9.72 Å². The molecule has 110 valence electrons. The number of aromatic nitrogens is 2. The number of fused-ring (bicyclic) bond motifs is 1. The van der Waals surface area contributed by atoms with E-state index in [4.69, 9.17) is 9.72 Å². The summed E-state index contributed by atoms with van der Waals surface area (Å²) in [4.78, 5) is 8.60. The van der Waals surface area contributed by atoms with Gasteiger partial charge in [-0.2, -0.15) is 0 Å². The summed E-state index contributed by atoms with van der Waals surface area (Å²) in [6, 6.07) is 6.16. The number of ether oxygens (including phenoxy) is 1. The lowest BCUT2D eigenvalue weighted by Gasteiger charge is -2.55. The van der Waals surface area contributed by atoms with Crippen LogP contribution in [-0.2, 0) is 5.41 Å². The van der Waals surface area contributed by atoms with Gasteiger partial charge in [-0.3, -0.25) is 0 Å². The zero-order chi connectivity index (χ0) is 14.0. The van der Waals surface area contributed by atoms with Crippen LogP contribution in [0.5, 0.6) is 5.75 Å². The highest BCUT2D eigenvalue weighted by Crippen LogP contribution is 2.60. The van der Waals surface area contributed by atoms with Crippen LogP contribution >= 0.6 is 0 Å². The van der Waals surface area contributed by atoms with Gasteiger partial charge in [0.25, 0.3) is 0 Å². The first-order valence-corrected chi connectivity index (χ1v) is 8.28. The molecule has 1 aromatic carbocycles. The second kappa shape index (κ2) is 4.02. The number of rotatable bonds is 2. The van der Waals surface area contributed by atoms with E-state index in [1.165, 1.54) is 44.3 Å². The van der Waals surface area contributed by atoms with E-state index in [9.17, 15) is 0 Å². The maximum absolute atomic E-state index is 5.33. The summed E-state index contributed by atoms with van der Waals surface area (Å²) in [6.45, 7) is 0. The van der Waals surface area contributed by atoms with Crippen molar-refractivity contribution in [1.82, 2.24) is 9.97 Å². The van der Waals surface area contributed by atoms with E-state index in [-0.39, 0.29) is 0 Å². The van der Waals surface area contributed by atoms with Gasteiger partial charge in [0.15, 0.2) is 0 Å². The number of nitrogens with zero attached hydrogens (tertiary/aromatic N) is 1. The first kappa shape index (κ1) is 12.1. The standard InChI is InChI=1S/C18H22N2O/c1-21-14-2-3-15-16(7-14)20-17(19-15)18-8-11-4-12(9-18)6-13(5-11)10-18/h2-3,7,11-13H,4-6,8-10H2,1H3,(H,19,20). The molecule has 1 N–H and O–H groups in total. The second-order valence-electron chi connectivity index (χ2n) is 7.67. The molecule has 0 unspecified atom stereocenters. The fourth-order valence-electron chi connectivity index (χ4n) is 5.77. The Kier molecular flexibility index (Phi) is 2.31. The lowest BCUT2D eigenvalue weighted by Crippen LogP contribution is -2.49. The van der Waals surface area contributed by atoms with Gasteiger partial charge in [0.1, 0.15) is 11.6 Å². The van der Waals surface area contributed by atoms with E-state index in [0.29, 0.717) is 5.41 Å². The molecule has 3 heteroatoms. The van der Waals surface area contributed by atoms with E-state index in [1.807, 2.05) is 6.07 Å². The van der Waals surface area contributed by atoms with Gasteiger partial charge in [0.2, 0.25) is 0 Å². The average molecular weight is 282 g/mol. The Morgan fingerprint density at radius 1 is 1.10 bits per heavy atom. The Labute approximate surface area is 125 Å². The Hall–Kier alpha value is -1.51. The maximum Gasteiger partial charge on any atom is 0.121 e. The Morgan fingerprint density at radius 3 is 2.38 bits per heavy atom. The van der Waals surface area contributed by atoms with Crippen molar-refractivity contribution in [3.8, 4) is 5.75 Å². The molecule has 0 amide bonds. The van der Waals surface area contributed by atoms with Crippen LogP contribution in [0.3, 0.4) is 0 Å². The lowest BCUT2D eigenvalue weighted by atomic mass is 9.49. The van der Waals surface area contributed by atoms with Crippen molar-refractivity contribution in [1.29, 1.82) is 0 Å². The minimum atomic E-state index is 0.348. The third-order valence-corrected chi connectivity index (χ3v) is 6.23. The number of hydrogen-bond acceptors (Lipinski definition) is 2. The Balaban J connectivity index is 1.60. The van der Waals surface area contributed by atoms with Crippen LogP contribution in [0.15, 0.2) is 18.2 Å². The predicted octanol–water partition coefficient (Wildman–Crippen LogP) is 4.04. The minimum Gasteiger partial charge on any atom is -0.497 e. The molecule has 21 heavy (non-hydrogen) atoms. The molecule has 4 aliphatic rings. The molecule has 4 aliphatic carbocycles. The summed E-state index contributed by atoms with van der Waals surface area (Å²) >= 11 is 0. The van der Waals surface area contributed by atoms with Crippen molar-refractivity contribution in [3.63, 3.8) is 0 Å². The largest absolute Gasteiger partial charge is 0.497 e. The molecule has 6 rings (SSSR count). The summed E-state index contributed by atoms with van der Waals surface area (Å²) < 4.78 is 5.33. The smallest absolute Gasteiger partial charge is 0.121 e. The van der Waals surface area contributed by atoms with Gasteiger partial charge in [-0.1, -0.05) is 0 Å². The van der Waals surface area contributed by atoms with Crippen molar-refractivity contribution in [2.75, 3.05) is 7.11 Å². The van der Waals surface area contributed by atoms with Crippen LogP contribution < -0.4 is 4.74 Å². The van der Waals surface area contributed by atoms with Crippen LogP contribution in [0.25, 0.3) is 11.0 Å². The molecule has 1 heterocycles. The summed E-state index contributed by atoms with van der Waals surface area (Å²) in [5.74, 6) is 5.03. The fourth-order valence-corrected chi connectivity index (χ4v) is 5.77. The molecular weight excluding hydrogens is 260 g/mol. The highest BCUT2D eigenvalue weighted by Gasteiger charge is 2.53. The molecule has 0 spiro atoms. The number of imidazole rings is 1. The molecule has 4 bridgehead atoms. The van der Waals surface area contributed by atoms with Crippen LogP contribution in [0.4, 0.5) is 0 Å². The summed E-state index contributed by atoms with van der Waals surface area (Å²) in [6.07, 6.45) is 8.51. The number of methoxy groups -OCH3 is 1. The summed E-state index contributed by atoms with van der Waals surface area (Å²) in [5.41, 5.74) is 2.56. The average Bonchev–Trinajstić information content (AvgIpc) is 2.89. The van der Waals surface area contributed by atoms with E-state index >= 15 is 0 Å².